The molecule has 0 bridgehead atoms. The summed E-state index contributed by atoms with van der Waals surface area (Å²) in [5.41, 5.74) is 2.04. The molecule has 0 saturated heterocycles. The fraction of sp³-hybridized carbons (Fsp3) is 0.176. The Morgan fingerprint density at radius 1 is 1.22 bits per heavy atom. The largest absolute Gasteiger partial charge is 0.460 e. The Morgan fingerprint density at radius 2 is 2.00 bits per heavy atom. The van der Waals surface area contributed by atoms with Gasteiger partial charge in [-0.25, -0.2) is 0 Å². The third kappa shape index (κ3) is 1.92. The van der Waals surface area contributed by atoms with E-state index in [0.717, 1.165) is 27.5 Å². The van der Waals surface area contributed by atoms with Crippen LogP contribution in [-0.4, -0.2) is 0 Å². The molecule has 1 aromatic carbocycles. The van der Waals surface area contributed by atoms with E-state index in [-0.39, 0.29) is 0 Å². The van der Waals surface area contributed by atoms with E-state index in [4.69, 9.17) is 4.42 Å². The molecular formula is C17H18O. The zero-order valence-electron chi connectivity index (χ0n) is 11.2. The van der Waals surface area contributed by atoms with Gasteiger partial charge in [0.05, 0.1) is 0 Å². The third-order valence-electron chi connectivity index (χ3n) is 3.12. The summed E-state index contributed by atoms with van der Waals surface area (Å²) in [6.45, 7) is 9.88. The van der Waals surface area contributed by atoms with Crippen LogP contribution in [0.3, 0.4) is 0 Å². The highest BCUT2D eigenvalue weighted by Crippen LogP contribution is 2.22. The third-order valence-corrected chi connectivity index (χ3v) is 3.12. The fourth-order valence-electron chi connectivity index (χ4n) is 2.23. The summed E-state index contributed by atoms with van der Waals surface area (Å²) in [5.74, 6) is 0.922. The first-order chi connectivity index (χ1) is 8.72. The smallest absolute Gasteiger partial charge is 0.142 e. The van der Waals surface area contributed by atoms with Crippen LogP contribution in [0.1, 0.15) is 25.2 Å². The van der Waals surface area contributed by atoms with Gasteiger partial charge in [0.2, 0.25) is 0 Å². The Morgan fingerprint density at radius 3 is 2.61 bits per heavy atom. The molecule has 0 aliphatic carbocycles. The molecule has 0 atom stereocenters. The van der Waals surface area contributed by atoms with E-state index in [1.54, 1.807) is 0 Å². The average Bonchev–Trinajstić information content (AvgIpc) is 2.70. The van der Waals surface area contributed by atoms with E-state index in [9.17, 15) is 0 Å². The van der Waals surface area contributed by atoms with Gasteiger partial charge in [-0.05, 0) is 32.1 Å². The normalized spacial score (nSPS) is 13.9. The monoisotopic (exact) mass is 238 g/mol. The lowest BCUT2D eigenvalue weighted by Gasteiger charge is -1.93. The van der Waals surface area contributed by atoms with E-state index in [2.05, 4.69) is 30.9 Å². The summed E-state index contributed by atoms with van der Waals surface area (Å²) in [7, 11) is 0. The minimum atomic E-state index is 0.922. The summed E-state index contributed by atoms with van der Waals surface area (Å²) in [6, 6.07) is 4.23. The molecule has 0 radical (unpaired) electrons. The van der Waals surface area contributed by atoms with Crippen LogP contribution in [0.2, 0.25) is 0 Å². The van der Waals surface area contributed by atoms with Crippen LogP contribution in [-0.2, 0) is 0 Å². The van der Waals surface area contributed by atoms with E-state index < -0.39 is 0 Å². The topological polar surface area (TPSA) is 13.1 Å². The first-order valence-electron chi connectivity index (χ1n) is 6.16. The van der Waals surface area contributed by atoms with Crippen LogP contribution in [0.4, 0.5) is 0 Å². The second-order valence-electron chi connectivity index (χ2n) is 4.20. The molecule has 1 heteroatoms. The van der Waals surface area contributed by atoms with Gasteiger partial charge >= 0.3 is 0 Å². The number of benzene rings is 1. The van der Waals surface area contributed by atoms with Crippen molar-refractivity contribution in [2.45, 2.75) is 20.8 Å². The molecule has 1 aromatic heterocycles. The van der Waals surface area contributed by atoms with Gasteiger partial charge < -0.3 is 4.42 Å². The maximum atomic E-state index is 5.89. The van der Waals surface area contributed by atoms with Crippen LogP contribution in [0, 0.1) is 6.92 Å². The average molecular weight is 238 g/mol. The maximum Gasteiger partial charge on any atom is 0.142 e. The molecule has 0 aliphatic rings. The lowest BCUT2D eigenvalue weighted by atomic mass is 10.1. The van der Waals surface area contributed by atoms with Gasteiger partial charge in [0, 0.05) is 16.2 Å². The summed E-state index contributed by atoms with van der Waals surface area (Å²) in [4.78, 5) is 0. The van der Waals surface area contributed by atoms with Crippen molar-refractivity contribution in [3.05, 3.63) is 52.6 Å². The second-order valence-corrected chi connectivity index (χ2v) is 4.20. The van der Waals surface area contributed by atoms with Gasteiger partial charge in [-0.1, -0.05) is 43.0 Å². The Kier molecular flexibility index (Phi) is 3.52. The highest BCUT2D eigenvalue weighted by molar-refractivity contribution is 5.89. The van der Waals surface area contributed by atoms with Crippen molar-refractivity contribution >= 4 is 29.2 Å². The highest BCUT2D eigenvalue weighted by Gasteiger charge is 2.08. The van der Waals surface area contributed by atoms with Crippen LogP contribution in [0.5, 0.6) is 0 Å². The maximum absolute atomic E-state index is 5.89. The van der Waals surface area contributed by atoms with E-state index in [1.165, 1.54) is 5.22 Å². The van der Waals surface area contributed by atoms with Crippen LogP contribution < -0.4 is 10.4 Å². The Labute approximate surface area is 107 Å². The lowest BCUT2D eigenvalue weighted by molar-refractivity contribution is 0.575. The van der Waals surface area contributed by atoms with Crippen molar-refractivity contribution in [3.63, 3.8) is 0 Å². The van der Waals surface area contributed by atoms with Crippen molar-refractivity contribution in [2.24, 2.45) is 0 Å². The molecule has 2 rings (SSSR count). The summed E-state index contributed by atoms with van der Waals surface area (Å²) in [5, 5.41) is 3.45. The lowest BCUT2D eigenvalue weighted by Crippen LogP contribution is -2.23. The number of allylic oxidation sites excluding steroid dienone is 2. The number of rotatable bonds is 2. The quantitative estimate of drug-likeness (QED) is 0.780. The number of hydrogen-bond acceptors (Lipinski definition) is 1. The zero-order valence-corrected chi connectivity index (χ0v) is 11.2. The summed E-state index contributed by atoms with van der Waals surface area (Å²) in [6.07, 6.45) is 10.1. The molecule has 0 unspecified atom stereocenters. The molecular weight excluding hydrogens is 220 g/mol. The number of fused-ring (bicyclic) bond motifs is 1. The Bertz CT molecular complexity index is 727. The minimum absolute atomic E-state index is 0.922. The molecule has 92 valence electrons. The summed E-state index contributed by atoms with van der Waals surface area (Å²) < 4.78 is 5.89. The van der Waals surface area contributed by atoms with E-state index >= 15 is 0 Å². The molecule has 0 aliphatic heterocycles. The number of furan rings is 1. The van der Waals surface area contributed by atoms with Gasteiger partial charge in [0.1, 0.15) is 11.3 Å². The van der Waals surface area contributed by atoms with Crippen LogP contribution in [0.15, 0.2) is 35.3 Å². The molecule has 0 spiro atoms. The molecule has 2 aromatic rings. The van der Waals surface area contributed by atoms with E-state index in [1.807, 2.05) is 39.0 Å². The van der Waals surface area contributed by atoms with Crippen molar-refractivity contribution < 1.29 is 4.42 Å². The van der Waals surface area contributed by atoms with Crippen LogP contribution in [0.25, 0.3) is 29.2 Å². The summed E-state index contributed by atoms with van der Waals surface area (Å²) >= 11 is 0. The molecule has 0 N–H and O–H groups in total. The number of hydrogen-bond donors (Lipinski definition) is 0. The SMILES string of the molecule is C=Cc1c(C)oc2c(=C/C)/c(=C\C=C/C)ccc12. The van der Waals surface area contributed by atoms with E-state index in [0.29, 0.717) is 0 Å². The fourth-order valence-corrected chi connectivity index (χ4v) is 2.23. The minimum Gasteiger partial charge on any atom is -0.460 e. The second kappa shape index (κ2) is 5.09. The van der Waals surface area contributed by atoms with Gasteiger partial charge in [0.15, 0.2) is 0 Å². The van der Waals surface area contributed by atoms with Gasteiger partial charge in [-0.15, -0.1) is 0 Å². The van der Waals surface area contributed by atoms with Gasteiger partial charge in [-0.3, -0.25) is 0 Å². The molecule has 1 heterocycles. The molecule has 0 fully saturated rings. The van der Waals surface area contributed by atoms with Gasteiger partial charge in [-0.2, -0.15) is 0 Å². The highest BCUT2D eigenvalue weighted by atomic mass is 16.3. The predicted octanol–water partition coefficient (Wildman–Crippen LogP) is 3.54. The first-order valence-corrected chi connectivity index (χ1v) is 6.16. The van der Waals surface area contributed by atoms with Crippen LogP contribution >= 0.6 is 0 Å². The van der Waals surface area contributed by atoms with Crippen molar-refractivity contribution in [3.8, 4) is 0 Å². The zero-order chi connectivity index (χ0) is 13.1. The first kappa shape index (κ1) is 12.4. The molecule has 0 amide bonds. The Balaban J connectivity index is 2.95. The standard InChI is InChI=1S/C17H18O/c1-5-8-9-13-10-11-16-14(6-2)12(4)18-17(16)15(13)7-3/h5-11H,2H2,1,3-4H3/b8-5-,13-9-,15-7+. The van der Waals surface area contributed by atoms with Crippen molar-refractivity contribution in [2.75, 3.05) is 0 Å². The van der Waals surface area contributed by atoms with Gasteiger partial charge in [0.25, 0.3) is 0 Å². The number of aryl methyl sites for hydroxylation is 1. The molecule has 18 heavy (non-hydrogen) atoms. The molecule has 0 saturated carbocycles. The van der Waals surface area contributed by atoms with Crippen molar-refractivity contribution in [1.29, 1.82) is 0 Å². The Hall–Kier alpha value is -2.02. The van der Waals surface area contributed by atoms with Crippen molar-refractivity contribution in [1.82, 2.24) is 0 Å². The molecule has 1 nitrogen and oxygen atoms in total. The predicted molar refractivity (Wildman–Crippen MR) is 79.7 cm³/mol.